The summed E-state index contributed by atoms with van der Waals surface area (Å²) in [5.74, 6) is -1.12. The number of nitrogens with one attached hydrogen (secondary N) is 2. The number of carboxylic acid groups (broad SMARTS) is 1. The predicted molar refractivity (Wildman–Crippen MR) is 54.5 cm³/mol. The Bertz CT molecular complexity index is 533. The molecule has 0 amide bonds. The van der Waals surface area contributed by atoms with Crippen LogP contribution in [0.1, 0.15) is 6.42 Å². The number of carbonyl (C=O) groups is 1. The summed E-state index contributed by atoms with van der Waals surface area (Å²) in [5.41, 5.74) is -0.651. The van der Waals surface area contributed by atoms with Crippen molar-refractivity contribution in [1.82, 2.24) is 9.71 Å². The van der Waals surface area contributed by atoms with Gasteiger partial charge in [0.25, 0.3) is 0 Å². The summed E-state index contributed by atoms with van der Waals surface area (Å²) in [4.78, 5) is 23.4. The summed E-state index contributed by atoms with van der Waals surface area (Å²) in [6.07, 6.45) is 2.01. The summed E-state index contributed by atoms with van der Waals surface area (Å²) in [5, 5.41) is 8.33. The second-order valence-corrected chi connectivity index (χ2v) is 4.65. The van der Waals surface area contributed by atoms with E-state index >= 15 is 0 Å². The normalized spacial score (nSPS) is 11.2. The molecule has 0 unspecified atom stereocenters. The third-order valence-electron chi connectivity index (χ3n) is 1.71. The van der Waals surface area contributed by atoms with Gasteiger partial charge in [-0.05, 0) is 0 Å². The summed E-state index contributed by atoms with van der Waals surface area (Å²) in [7, 11) is -3.94. The van der Waals surface area contributed by atoms with Gasteiger partial charge in [0.15, 0.2) is 0 Å². The molecule has 0 radical (unpaired) electrons. The average Bonchev–Trinajstić information content (AvgIpc) is 2.17. The van der Waals surface area contributed by atoms with Gasteiger partial charge in [0, 0.05) is 25.0 Å². The molecular formula is C8H10N2O5S. The molecule has 0 aliphatic carbocycles. The number of rotatable bonds is 5. The highest BCUT2D eigenvalue weighted by Crippen LogP contribution is 1.99. The van der Waals surface area contributed by atoms with Crippen LogP contribution >= 0.6 is 0 Å². The number of pyridine rings is 1. The highest BCUT2D eigenvalue weighted by atomic mass is 32.2. The SMILES string of the molecule is O=C(O)CCNS(=O)(=O)c1c[nH]ccc1=O. The number of aromatic amines is 1. The summed E-state index contributed by atoms with van der Waals surface area (Å²) >= 11 is 0. The minimum Gasteiger partial charge on any atom is -0.481 e. The van der Waals surface area contributed by atoms with E-state index in [1.807, 2.05) is 4.72 Å². The molecule has 0 aliphatic rings. The molecule has 1 rings (SSSR count). The first-order valence-electron chi connectivity index (χ1n) is 4.32. The predicted octanol–water partition coefficient (Wildman–Crippen LogP) is -0.872. The summed E-state index contributed by atoms with van der Waals surface area (Å²) in [6.45, 7) is -0.258. The molecule has 7 nitrogen and oxygen atoms in total. The first-order chi connectivity index (χ1) is 7.43. The fraction of sp³-hybridized carbons (Fsp3) is 0.250. The minimum atomic E-state index is -3.94. The lowest BCUT2D eigenvalue weighted by Crippen LogP contribution is -2.30. The fourth-order valence-corrected chi connectivity index (χ4v) is 2.06. The molecule has 8 heteroatoms. The zero-order chi connectivity index (χ0) is 12.2. The third-order valence-corrected chi connectivity index (χ3v) is 3.19. The van der Waals surface area contributed by atoms with E-state index in [4.69, 9.17) is 5.11 Å². The molecule has 88 valence electrons. The number of carboxylic acids is 1. The van der Waals surface area contributed by atoms with Gasteiger partial charge in [-0.15, -0.1) is 0 Å². The van der Waals surface area contributed by atoms with Crippen LogP contribution in [0.4, 0.5) is 0 Å². The van der Waals surface area contributed by atoms with Gasteiger partial charge in [-0.25, -0.2) is 13.1 Å². The maximum absolute atomic E-state index is 11.5. The monoisotopic (exact) mass is 246 g/mol. The van der Waals surface area contributed by atoms with Crippen molar-refractivity contribution in [3.05, 3.63) is 28.7 Å². The van der Waals surface area contributed by atoms with Gasteiger partial charge in [-0.1, -0.05) is 0 Å². The van der Waals surface area contributed by atoms with Crippen molar-refractivity contribution in [2.24, 2.45) is 0 Å². The van der Waals surface area contributed by atoms with Crippen LogP contribution in [0.25, 0.3) is 0 Å². The lowest BCUT2D eigenvalue weighted by atomic mass is 10.5. The molecule has 0 atom stereocenters. The van der Waals surface area contributed by atoms with Crippen molar-refractivity contribution in [3.63, 3.8) is 0 Å². The van der Waals surface area contributed by atoms with Gasteiger partial charge < -0.3 is 10.1 Å². The summed E-state index contributed by atoms with van der Waals surface area (Å²) < 4.78 is 25.0. The molecule has 0 saturated heterocycles. The van der Waals surface area contributed by atoms with Gasteiger partial charge in [-0.2, -0.15) is 0 Å². The van der Waals surface area contributed by atoms with E-state index in [2.05, 4.69) is 4.98 Å². The maximum Gasteiger partial charge on any atom is 0.304 e. The molecule has 1 heterocycles. The smallest absolute Gasteiger partial charge is 0.304 e. The van der Waals surface area contributed by atoms with E-state index in [9.17, 15) is 18.0 Å². The van der Waals surface area contributed by atoms with Crippen LogP contribution in [0.2, 0.25) is 0 Å². The Morgan fingerprint density at radius 3 is 2.75 bits per heavy atom. The largest absolute Gasteiger partial charge is 0.481 e. The molecule has 0 spiro atoms. The number of H-pyrrole nitrogens is 1. The average molecular weight is 246 g/mol. The van der Waals surface area contributed by atoms with Crippen LogP contribution in [0.5, 0.6) is 0 Å². The standard InChI is InChI=1S/C8H10N2O5S/c11-6-1-3-9-5-7(6)16(14,15)10-4-2-8(12)13/h1,3,5,10H,2,4H2,(H,9,11)(H,12,13). The van der Waals surface area contributed by atoms with E-state index in [-0.39, 0.29) is 13.0 Å². The van der Waals surface area contributed by atoms with Gasteiger partial charge in [0.2, 0.25) is 15.5 Å². The van der Waals surface area contributed by atoms with Crippen LogP contribution in [-0.2, 0) is 14.8 Å². The molecule has 0 bridgehead atoms. The van der Waals surface area contributed by atoms with Crippen LogP contribution in [0, 0.1) is 0 Å². The van der Waals surface area contributed by atoms with E-state index < -0.39 is 26.3 Å². The Kier molecular flexibility index (Phi) is 3.80. The molecular weight excluding hydrogens is 236 g/mol. The highest BCUT2D eigenvalue weighted by molar-refractivity contribution is 7.89. The van der Waals surface area contributed by atoms with Crippen molar-refractivity contribution >= 4 is 16.0 Å². The quantitative estimate of drug-likeness (QED) is 0.624. The van der Waals surface area contributed by atoms with Crippen molar-refractivity contribution in [1.29, 1.82) is 0 Å². The second-order valence-electron chi connectivity index (χ2n) is 2.91. The van der Waals surface area contributed by atoms with Gasteiger partial charge in [-0.3, -0.25) is 9.59 Å². The Balaban J connectivity index is 2.83. The molecule has 0 aromatic carbocycles. The van der Waals surface area contributed by atoms with Gasteiger partial charge in [0.05, 0.1) is 6.42 Å². The molecule has 0 saturated carbocycles. The topological polar surface area (TPSA) is 116 Å². The lowest BCUT2D eigenvalue weighted by Gasteiger charge is -2.03. The number of aromatic nitrogens is 1. The van der Waals surface area contributed by atoms with E-state index in [1.165, 1.54) is 6.20 Å². The zero-order valence-corrected chi connectivity index (χ0v) is 8.95. The first kappa shape index (κ1) is 12.4. The van der Waals surface area contributed by atoms with Crippen LogP contribution in [0.3, 0.4) is 0 Å². The second kappa shape index (κ2) is 4.90. The number of hydrogen-bond donors (Lipinski definition) is 3. The Labute approximate surface area is 91.2 Å². The number of hydrogen-bond acceptors (Lipinski definition) is 4. The third kappa shape index (κ3) is 3.17. The zero-order valence-electron chi connectivity index (χ0n) is 8.13. The molecule has 0 aliphatic heterocycles. The molecule has 1 aromatic rings. The Morgan fingerprint density at radius 2 is 2.19 bits per heavy atom. The van der Waals surface area contributed by atoms with Crippen molar-refractivity contribution < 1.29 is 18.3 Å². The summed E-state index contributed by atoms with van der Waals surface area (Å²) in [6, 6.07) is 1.08. The molecule has 0 fully saturated rings. The van der Waals surface area contributed by atoms with Crippen LogP contribution in [0.15, 0.2) is 28.2 Å². The van der Waals surface area contributed by atoms with Crippen LogP contribution in [-0.4, -0.2) is 31.0 Å². The van der Waals surface area contributed by atoms with Gasteiger partial charge in [0.1, 0.15) is 4.90 Å². The van der Waals surface area contributed by atoms with Crippen LogP contribution < -0.4 is 10.2 Å². The number of sulfonamides is 1. The number of aliphatic carboxylic acids is 1. The lowest BCUT2D eigenvalue weighted by molar-refractivity contribution is -0.136. The highest BCUT2D eigenvalue weighted by Gasteiger charge is 2.17. The Hall–Kier alpha value is -1.67. The van der Waals surface area contributed by atoms with E-state index in [0.29, 0.717) is 0 Å². The van der Waals surface area contributed by atoms with Crippen molar-refractivity contribution in [3.8, 4) is 0 Å². The van der Waals surface area contributed by atoms with Crippen molar-refractivity contribution in [2.45, 2.75) is 11.3 Å². The molecule has 1 aromatic heterocycles. The van der Waals surface area contributed by atoms with Crippen molar-refractivity contribution in [2.75, 3.05) is 6.54 Å². The first-order valence-corrected chi connectivity index (χ1v) is 5.80. The van der Waals surface area contributed by atoms with Gasteiger partial charge >= 0.3 is 5.97 Å². The Morgan fingerprint density at radius 1 is 1.50 bits per heavy atom. The maximum atomic E-state index is 11.5. The molecule has 16 heavy (non-hydrogen) atoms. The fourth-order valence-electron chi connectivity index (χ4n) is 0.981. The van der Waals surface area contributed by atoms with E-state index in [1.54, 1.807) is 0 Å². The minimum absolute atomic E-state index is 0.258. The van der Waals surface area contributed by atoms with E-state index in [0.717, 1.165) is 12.3 Å². The molecule has 3 N–H and O–H groups in total.